The molecular formula is C17H18FNO2. The Morgan fingerprint density at radius 3 is 2.48 bits per heavy atom. The minimum absolute atomic E-state index is 0.0790. The predicted molar refractivity (Wildman–Crippen MR) is 80.5 cm³/mol. The average molecular weight is 287 g/mol. The van der Waals surface area contributed by atoms with E-state index in [2.05, 4.69) is 5.32 Å². The summed E-state index contributed by atoms with van der Waals surface area (Å²) in [5.74, 6) is 1.33. The van der Waals surface area contributed by atoms with E-state index < -0.39 is 0 Å². The molecule has 0 saturated heterocycles. The summed E-state index contributed by atoms with van der Waals surface area (Å²) < 4.78 is 24.2. The molecule has 1 N–H and O–H groups in total. The Morgan fingerprint density at radius 2 is 1.71 bits per heavy atom. The number of fused-ring (bicyclic) bond motifs is 1. The second-order valence-corrected chi connectivity index (χ2v) is 5.13. The van der Waals surface area contributed by atoms with E-state index in [9.17, 15) is 4.39 Å². The summed E-state index contributed by atoms with van der Waals surface area (Å²) in [5.41, 5.74) is 1.99. The second-order valence-electron chi connectivity index (χ2n) is 5.13. The van der Waals surface area contributed by atoms with Gasteiger partial charge < -0.3 is 14.8 Å². The Morgan fingerprint density at radius 1 is 1.00 bits per heavy atom. The van der Waals surface area contributed by atoms with Crippen molar-refractivity contribution in [3.63, 3.8) is 0 Å². The highest BCUT2D eigenvalue weighted by molar-refractivity contribution is 5.55. The monoisotopic (exact) mass is 287 g/mol. The second kappa shape index (κ2) is 6.04. The number of rotatable bonds is 3. The van der Waals surface area contributed by atoms with E-state index in [1.54, 1.807) is 12.1 Å². The number of hydrogen-bond donors (Lipinski definition) is 1. The standard InChI is InChI=1S/C17H18FNO2/c1-12(13-3-5-14(18)6-4-13)19-15-7-8-16-17(11-15)21-10-2-9-20-16/h3-8,11-12,19H,2,9-10H2,1H3. The van der Waals surface area contributed by atoms with E-state index in [0.717, 1.165) is 29.2 Å². The summed E-state index contributed by atoms with van der Waals surface area (Å²) in [6.45, 7) is 3.39. The van der Waals surface area contributed by atoms with Crippen molar-refractivity contribution in [3.05, 3.63) is 53.8 Å². The van der Waals surface area contributed by atoms with Crippen LogP contribution in [0.2, 0.25) is 0 Å². The molecule has 0 aliphatic carbocycles. The molecule has 0 spiro atoms. The summed E-state index contributed by atoms with van der Waals surface area (Å²) in [5, 5.41) is 3.39. The molecular weight excluding hydrogens is 269 g/mol. The average Bonchev–Trinajstić information content (AvgIpc) is 2.72. The molecule has 2 aromatic rings. The first-order chi connectivity index (χ1) is 10.2. The van der Waals surface area contributed by atoms with Gasteiger partial charge in [0, 0.05) is 24.2 Å². The Balaban J connectivity index is 1.75. The summed E-state index contributed by atoms with van der Waals surface area (Å²) in [4.78, 5) is 0. The van der Waals surface area contributed by atoms with Crippen molar-refractivity contribution in [1.82, 2.24) is 0 Å². The topological polar surface area (TPSA) is 30.5 Å². The summed E-state index contributed by atoms with van der Waals surface area (Å²) in [6.07, 6.45) is 0.892. The Kier molecular flexibility index (Phi) is 3.95. The van der Waals surface area contributed by atoms with E-state index in [4.69, 9.17) is 9.47 Å². The Hall–Kier alpha value is -2.23. The Bertz CT molecular complexity index is 613. The first-order valence-electron chi connectivity index (χ1n) is 7.14. The number of hydrogen-bond acceptors (Lipinski definition) is 3. The van der Waals surface area contributed by atoms with Crippen LogP contribution in [-0.4, -0.2) is 13.2 Å². The quantitative estimate of drug-likeness (QED) is 0.919. The molecule has 1 heterocycles. The van der Waals surface area contributed by atoms with Gasteiger partial charge in [-0.25, -0.2) is 4.39 Å². The van der Waals surface area contributed by atoms with Gasteiger partial charge in [-0.2, -0.15) is 0 Å². The molecule has 0 bridgehead atoms. The molecule has 0 saturated carbocycles. The molecule has 1 aliphatic rings. The summed E-state index contributed by atoms with van der Waals surface area (Å²) >= 11 is 0. The molecule has 1 unspecified atom stereocenters. The maximum Gasteiger partial charge on any atom is 0.163 e. The van der Waals surface area contributed by atoms with Gasteiger partial charge in [0.2, 0.25) is 0 Å². The van der Waals surface area contributed by atoms with E-state index in [-0.39, 0.29) is 11.9 Å². The number of nitrogens with one attached hydrogen (secondary N) is 1. The van der Waals surface area contributed by atoms with Crippen molar-refractivity contribution in [1.29, 1.82) is 0 Å². The van der Waals surface area contributed by atoms with Gasteiger partial charge in [-0.1, -0.05) is 12.1 Å². The van der Waals surface area contributed by atoms with Crippen LogP contribution in [0.1, 0.15) is 24.9 Å². The smallest absolute Gasteiger partial charge is 0.163 e. The first kappa shape index (κ1) is 13.7. The fourth-order valence-electron chi connectivity index (χ4n) is 2.34. The molecule has 1 atom stereocenters. The number of benzene rings is 2. The van der Waals surface area contributed by atoms with E-state index in [1.807, 2.05) is 25.1 Å². The maximum absolute atomic E-state index is 13.0. The van der Waals surface area contributed by atoms with Crippen LogP contribution < -0.4 is 14.8 Å². The van der Waals surface area contributed by atoms with Gasteiger partial charge in [-0.15, -0.1) is 0 Å². The van der Waals surface area contributed by atoms with Gasteiger partial charge in [0.15, 0.2) is 11.5 Å². The molecule has 0 fully saturated rings. The van der Waals surface area contributed by atoms with Crippen LogP contribution in [-0.2, 0) is 0 Å². The third-order valence-electron chi connectivity index (χ3n) is 3.50. The SMILES string of the molecule is CC(Nc1ccc2c(c1)OCCCO2)c1ccc(F)cc1. The van der Waals surface area contributed by atoms with Gasteiger partial charge in [-0.3, -0.25) is 0 Å². The maximum atomic E-state index is 13.0. The van der Waals surface area contributed by atoms with E-state index in [1.165, 1.54) is 12.1 Å². The van der Waals surface area contributed by atoms with Crippen molar-refractivity contribution < 1.29 is 13.9 Å². The van der Waals surface area contributed by atoms with Gasteiger partial charge in [-0.05, 0) is 36.8 Å². The van der Waals surface area contributed by atoms with Crippen LogP contribution in [0.3, 0.4) is 0 Å². The molecule has 0 amide bonds. The van der Waals surface area contributed by atoms with Gasteiger partial charge in [0.25, 0.3) is 0 Å². The highest BCUT2D eigenvalue weighted by atomic mass is 19.1. The lowest BCUT2D eigenvalue weighted by atomic mass is 10.1. The minimum Gasteiger partial charge on any atom is -0.490 e. The Labute approximate surface area is 123 Å². The molecule has 1 aliphatic heterocycles. The van der Waals surface area contributed by atoms with E-state index >= 15 is 0 Å². The third-order valence-corrected chi connectivity index (χ3v) is 3.50. The molecule has 110 valence electrons. The predicted octanol–water partition coefficient (Wildman–Crippen LogP) is 4.16. The lowest BCUT2D eigenvalue weighted by molar-refractivity contribution is 0.297. The molecule has 0 radical (unpaired) electrons. The zero-order valence-electron chi connectivity index (χ0n) is 11.9. The van der Waals surface area contributed by atoms with Gasteiger partial charge >= 0.3 is 0 Å². The largest absolute Gasteiger partial charge is 0.490 e. The van der Waals surface area contributed by atoms with Crippen molar-refractivity contribution in [2.24, 2.45) is 0 Å². The minimum atomic E-state index is -0.221. The third kappa shape index (κ3) is 3.27. The van der Waals surface area contributed by atoms with Crippen LogP contribution in [0, 0.1) is 5.82 Å². The fourth-order valence-corrected chi connectivity index (χ4v) is 2.34. The van der Waals surface area contributed by atoms with Crippen LogP contribution >= 0.6 is 0 Å². The highest BCUT2D eigenvalue weighted by Gasteiger charge is 2.12. The lowest BCUT2D eigenvalue weighted by Gasteiger charge is -2.17. The van der Waals surface area contributed by atoms with Crippen LogP contribution in [0.5, 0.6) is 11.5 Å². The normalized spacial score (nSPS) is 15.1. The molecule has 0 aromatic heterocycles. The van der Waals surface area contributed by atoms with E-state index in [0.29, 0.717) is 13.2 Å². The zero-order valence-corrected chi connectivity index (χ0v) is 11.9. The number of halogens is 1. The number of ether oxygens (including phenoxy) is 2. The molecule has 3 rings (SSSR count). The zero-order chi connectivity index (χ0) is 14.7. The first-order valence-corrected chi connectivity index (χ1v) is 7.14. The lowest BCUT2D eigenvalue weighted by Crippen LogP contribution is -2.06. The fraction of sp³-hybridized carbons (Fsp3) is 0.294. The number of anilines is 1. The molecule has 4 heteroatoms. The van der Waals surface area contributed by atoms with Crippen molar-refractivity contribution >= 4 is 5.69 Å². The van der Waals surface area contributed by atoms with Crippen molar-refractivity contribution in [2.45, 2.75) is 19.4 Å². The summed E-state index contributed by atoms with van der Waals surface area (Å²) in [6, 6.07) is 12.4. The highest BCUT2D eigenvalue weighted by Crippen LogP contribution is 2.33. The molecule has 21 heavy (non-hydrogen) atoms. The van der Waals surface area contributed by atoms with Crippen molar-refractivity contribution in [3.8, 4) is 11.5 Å². The summed E-state index contributed by atoms with van der Waals surface area (Å²) in [7, 11) is 0. The van der Waals surface area contributed by atoms with Crippen LogP contribution in [0.4, 0.5) is 10.1 Å². The van der Waals surface area contributed by atoms with Gasteiger partial charge in [0.05, 0.1) is 13.2 Å². The molecule has 2 aromatic carbocycles. The van der Waals surface area contributed by atoms with Crippen LogP contribution in [0.15, 0.2) is 42.5 Å². The van der Waals surface area contributed by atoms with Gasteiger partial charge in [0.1, 0.15) is 5.82 Å². The van der Waals surface area contributed by atoms with Crippen molar-refractivity contribution in [2.75, 3.05) is 18.5 Å². The van der Waals surface area contributed by atoms with Crippen LogP contribution in [0.25, 0.3) is 0 Å². The molecule has 3 nitrogen and oxygen atoms in total.